The fourth-order valence-electron chi connectivity index (χ4n) is 2.82. The molecule has 22 heavy (non-hydrogen) atoms. The monoisotopic (exact) mass is 300 g/mol. The lowest BCUT2D eigenvalue weighted by Crippen LogP contribution is -2.37. The fourth-order valence-corrected chi connectivity index (χ4v) is 2.82. The summed E-state index contributed by atoms with van der Waals surface area (Å²) >= 11 is 0. The molecular weight excluding hydrogens is 284 g/mol. The van der Waals surface area contributed by atoms with E-state index in [0.29, 0.717) is 29.8 Å². The van der Waals surface area contributed by atoms with Gasteiger partial charge in [0.25, 0.3) is 5.91 Å². The number of hydrogen-bond acceptors (Lipinski definition) is 4. The van der Waals surface area contributed by atoms with Gasteiger partial charge in [0.1, 0.15) is 0 Å². The second-order valence-corrected chi connectivity index (χ2v) is 5.32. The van der Waals surface area contributed by atoms with E-state index in [2.05, 4.69) is 10.1 Å². The molecule has 0 spiro atoms. The van der Waals surface area contributed by atoms with Crippen LogP contribution >= 0.6 is 0 Å². The molecule has 0 aliphatic carbocycles. The van der Waals surface area contributed by atoms with Crippen molar-refractivity contribution in [2.24, 2.45) is 7.05 Å². The van der Waals surface area contributed by atoms with Crippen LogP contribution in [0.4, 0.5) is 0 Å². The molecule has 3 rings (SSSR count). The van der Waals surface area contributed by atoms with E-state index in [1.54, 1.807) is 41.9 Å². The molecule has 2 aromatic heterocycles. The summed E-state index contributed by atoms with van der Waals surface area (Å²) in [6.07, 6.45) is 2.24. The van der Waals surface area contributed by atoms with Gasteiger partial charge in [0.2, 0.25) is 0 Å². The largest absolute Gasteiger partial charge is 0.476 e. The molecule has 2 aromatic rings. The number of hydrogen-bond donors (Lipinski definition) is 1. The smallest absolute Gasteiger partial charge is 0.356 e. The summed E-state index contributed by atoms with van der Waals surface area (Å²) in [6.45, 7) is 2.59. The summed E-state index contributed by atoms with van der Waals surface area (Å²) in [6, 6.07) is 3.46. The Labute approximate surface area is 127 Å². The number of fused-ring (bicyclic) bond motifs is 1. The molecule has 0 fully saturated rings. The number of carbonyl (C=O) groups excluding carboxylic acids is 1. The topological polar surface area (TPSA) is 88.3 Å². The lowest BCUT2D eigenvalue weighted by Gasteiger charge is -2.27. The minimum Gasteiger partial charge on any atom is -0.476 e. The first kappa shape index (κ1) is 14.2. The number of carbonyl (C=O) groups is 2. The molecule has 0 saturated carbocycles. The molecule has 0 aromatic carbocycles. The van der Waals surface area contributed by atoms with Gasteiger partial charge in [-0.2, -0.15) is 5.10 Å². The number of aromatic carboxylic acids is 1. The zero-order valence-corrected chi connectivity index (χ0v) is 12.4. The SMILES string of the molecule is Cc1ncccc1C(=O)N1CCc2c(c(C(=O)O)nn2C)C1. The van der Waals surface area contributed by atoms with Gasteiger partial charge in [-0.3, -0.25) is 14.5 Å². The lowest BCUT2D eigenvalue weighted by molar-refractivity contribution is 0.0673. The van der Waals surface area contributed by atoms with Crippen molar-refractivity contribution < 1.29 is 14.7 Å². The maximum Gasteiger partial charge on any atom is 0.356 e. The summed E-state index contributed by atoms with van der Waals surface area (Å²) < 4.78 is 1.59. The fraction of sp³-hybridized carbons (Fsp3) is 0.333. The van der Waals surface area contributed by atoms with E-state index < -0.39 is 5.97 Å². The molecule has 1 N–H and O–H groups in total. The Hall–Kier alpha value is -2.70. The van der Waals surface area contributed by atoms with Crippen molar-refractivity contribution >= 4 is 11.9 Å². The third-order valence-electron chi connectivity index (χ3n) is 3.97. The van der Waals surface area contributed by atoms with Crippen molar-refractivity contribution in [3.05, 3.63) is 46.5 Å². The van der Waals surface area contributed by atoms with Crippen LogP contribution in [0.2, 0.25) is 0 Å². The Morgan fingerprint density at radius 3 is 2.82 bits per heavy atom. The average Bonchev–Trinajstić information content (AvgIpc) is 2.84. The maximum absolute atomic E-state index is 12.6. The van der Waals surface area contributed by atoms with Crippen LogP contribution in [0.15, 0.2) is 18.3 Å². The summed E-state index contributed by atoms with van der Waals surface area (Å²) in [4.78, 5) is 29.7. The summed E-state index contributed by atoms with van der Waals surface area (Å²) in [5.74, 6) is -1.19. The summed E-state index contributed by atoms with van der Waals surface area (Å²) in [5.41, 5.74) is 2.74. The van der Waals surface area contributed by atoms with E-state index in [1.807, 2.05) is 0 Å². The van der Waals surface area contributed by atoms with Crippen molar-refractivity contribution in [2.75, 3.05) is 6.54 Å². The lowest BCUT2D eigenvalue weighted by atomic mass is 10.0. The number of aryl methyl sites for hydroxylation is 2. The summed E-state index contributed by atoms with van der Waals surface area (Å²) in [5, 5.41) is 13.3. The highest BCUT2D eigenvalue weighted by atomic mass is 16.4. The van der Waals surface area contributed by atoms with E-state index in [1.165, 1.54) is 0 Å². The number of aromatic nitrogens is 3. The highest BCUT2D eigenvalue weighted by Gasteiger charge is 2.30. The number of pyridine rings is 1. The molecule has 0 unspecified atom stereocenters. The Morgan fingerprint density at radius 1 is 1.36 bits per heavy atom. The zero-order valence-electron chi connectivity index (χ0n) is 12.4. The van der Waals surface area contributed by atoms with Gasteiger partial charge in [0.15, 0.2) is 5.69 Å². The van der Waals surface area contributed by atoms with Crippen LogP contribution in [0.25, 0.3) is 0 Å². The molecule has 7 nitrogen and oxygen atoms in total. The van der Waals surface area contributed by atoms with Crippen molar-refractivity contribution in [2.45, 2.75) is 19.9 Å². The van der Waals surface area contributed by atoms with Crippen molar-refractivity contribution in [3.63, 3.8) is 0 Å². The van der Waals surface area contributed by atoms with Gasteiger partial charge in [-0.15, -0.1) is 0 Å². The van der Waals surface area contributed by atoms with Gasteiger partial charge < -0.3 is 10.0 Å². The first-order chi connectivity index (χ1) is 10.5. The quantitative estimate of drug-likeness (QED) is 0.894. The van der Waals surface area contributed by atoms with E-state index in [4.69, 9.17) is 0 Å². The number of nitrogens with zero attached hydrogens (tertiary/aromatic N) is 4. The predicted molar refractivity (Wildman–Crippen MR) is 77.6 cm³/mol. The Morgan fingerprint density at radius 2 is 2.14 bits per heavy atom. The second kappa shape index (κ2) is 5.25. The van der Waals surface area contributed by atoms with Crippen LogP contribution < -0.4 is 0 Å². The predicted octanol–water partition coefficient (Wildman–Crippen LogP) is 1.02. The number of amides is 1. The third kappa shape index (κ3) is 2.24. The zero-order chi connectivity index (χ0) is 15.9. The van der Waals surface area contributed by atoms with Crippen molar-refractivity contribution in [1.29, 1.82) is 0 Å². The van der Waals surface area contributed by atoms with Crippen LogP contribution in [0, 0.1) is 6.92 Å². The minimum absolute atomic E-state index is 0.0258. The second-order valence-electron chi connectivity index (χ2n) is 5.32. The first-order valence-corrected chi connectivity index (χ1v) is 6.98. The first-order valence-electron chi connectivity index (χ1n) is 6.98. The number of rotatable bonds is 2. The average molecular weight is 300 g/mol. The molecule has 1 aliphatic heterocycles. The van der Waals surface area contributed by atoms with Gasteiger partial charge in [-0.05, 0) is 19.1 Å². The van der Waals surface area contributed by atoms with Gasteiger partial charge in [0.05, 0.1) is 12.1 Å². The standard InChI is InChI=1S/C15H16N4O3/c1-9-10(4-3-6-16-9)14(20)19-7-5-12-11(8-19)13(15(21)22)17-18(12)2/h3-4,6H,5,7-8H2,1-2H3,(H,21,22). The van der Waals surface area contributed by atoms with Crippen LogP contribution in [0.5, 0.6) is 0 Å². The number of carboxylic acid groups (broad SMARTS) is 1. The van der Waals surface area contributed by atoms with E-state index in [9.17, 15) is 14.7 Å². The molecule has 0 radical (unpaired) electrons. The molecule has 0 atom stereocenters. The Bertz CT molecular complexity index is 766. The minimum atomic E-state index is -1.07. The molecule has 0 saturated heterocycles. The summed E-state index contributed by atoms with van der Waals surface area (Å²) in [7, 11) is 1.73. The van der Waals surface area contributed by atoms with Crippen LogP contribution in [-0.2, 0) is 20.0 Å². The van der Waals surface area contributed by atoms with Crippen molar-refractivity contribution in [1.82, 2.24) is 19.7 Å². The Kier molecular flexibility index (Phi) is 3.40. The van der Waals surface area contributed by atoms with Crippen molar-refractivity contribution in [3.8, 4) is 0 Å². The van der Waals surface area contributed by atoms with E-state index >= 15 is 0 Å². The van der Waals surface area contributed by atoms with Gasteiger partial charge in [-0.1, -0.05) is 0 Å². The molecule has 0 bridgehead atoms. The van der Waals surface area contributed by atoms with E-state index in [0.717, 1.165) is 5.69 Å². The highest BCUT2D eigenvalue weighted by Crippen LogP contribution is 2.23. The van der Waals surface area contributed by atoms with Crippen LogP contribution in [-0.4, -0.2) is 43.2 Å². The normalized spacial score (nSPS) is 13.8. The third-order valence-corrected chi connectivity index (χ3v) is 3.97. The van der Waals surface area contributed by atoms with Gasteiger partial charge in [-0.25, -0.2) is 4.79 Å². The van der Waals surface area contributed by atoms with Gasteiger partial charge >= 0.3 is 5.97 Å². The highest BCUT2D eigenvalue weighted by molar-refractivity contribution is 5.95. The van der Waals surface area contributed by atoms with E-state index in [-0.39, 0.29) is 18.1 Å². The molecule has 114 valence electrons. The number of carboxylic acids is 1. The van der Waals surface area contributed by atoms with Crippen LogP contribution in [0.1, 0.15) is 37.8 Å². The molecule has 3 heterocycles. The van der Waals surface area contributed by atoms with Crippen LogP contribution in [0.3, 0.4) is 0 Å². The molecular formula is C15H16N4O3. The Balaban J connectivity index is 1.93. The molecule has 1 aliphatic rings. The van der Waals surface area contributed by atoms with Gasteiger partial charge in [0, 0.05) is 43.2 Å². The molecule has 7 heteroatoms. The maximum atomic E-state index is 12.6. The molecule has 1 amide bonds.